The van der Waals surface area contributed by atoms with Crippen molar-refractivity contribution in [3.05, 3.63) is 29.3 Å². The molecule has 0 amide bonds. The molecule has 0 fully saturated rings. The molecule has 2 atom stereocenters. The second-order valence-electron chi connectivity index (χ2n) is 3.38. The van der Waals surface area contributed by atoms with E-state index in [0.29, 0.717) is 23.4 Å². The van der Waals surface area contributed by atoms with Gasteiger partial charge in [0.2, 0.25) is 0 Å². The lowest BCUT2D eigenvalue weighted by molar-refractivity contribution is 0.0142. The van der Waals surface area contributed by atoms with Gasteiger partial charge in [-0.15, -0.1) is 0 Å². The predicted molar refractivity (Wildman–Crippen MR) is 58.4 cm³/mol. The van der Waals surface area contributed by atoms with Gasteiger partial charge >= 0.3 is 0 Å². The summed E-state index contributed by atoms with van der Waals surface area (Å²) in [7, 11) is 0. The molecule has 0 bridgehead atoms. The van der Waals surface area contributed by atoms with Crippen molar-refractivity contribution in [1.29, 1.82) is 0 Å². The standard InChI is InChI=1S/C10H14FNO2S/c1-6-4-7(11)5-12-9(6)10(14)8(13)2-3-15/h4-5,8,10,13-15H,2-3H2,1H3. The number of aliphatic hydroxyl groups excluding tert-OH is 2. The first-order chi connectivity index (χ1) is 7.06. The Hall–Kier alpha value is -0.650. The summed E-state index contributed by atoms with van der Waals surface area (Å²) in [6, 6.07) is 1.28. The van der Waals surface area contributed by atoms with E-state index in [1.165, 1.54) is 6.07 Å². The molecule has 0 aliphatic heterocycles. The number of aryl methyl sites for hydroxylation is 1. The molecule has 0 aliphatic carbocycles. The summed E-state index contributed by atoms with van der Waals surface area (Å²) in [6.45, 7) is 1.64. The maximum atomic E-state index is 12.7. The van der Waals surface area contributed by atoms with Gasteiger partial charge in [0.25, 0.3) is 0 Å². The van der Waals surface area contributed by atoms with Gasteiger partial charge in [0, 0.05) is 0 Å². The largest absolute Gasteiger partial charge is 0.390 e. The van der Waals surface area contributed by atoms with Crippen molar-refractivity contribution in [1.82, 2.24) is 4.98 Å². The molecule has 0 saturated carbocycles. The number of halogens is 1. The van der Waals surface area contributed by atoms with Crippen molar-refractivity contribution in [3.8, 4) is 0 Å². The smallest absolute Gasteiger partial charge is 0.141 e. The number of aromatic nitrogens is 1. The van der Waals surface area contributed by atoms with E-state index in [2.05, 4.69) is 17.6 Å². The number of rotatable bonds is 4. The number of thiol groups is 1. The zero-order chi connectivity index (χ0) is 11.4. The summed E-state index contributed by atoms with van der Waals surface area (Å²) >= 11 is 3.96. The van der Waals surface area contributed by atoms with Crippen molar-refractivity contribution in [2.75, 3.05) is 5.75 Å². The minimum absolute atomic E-state index is 0.311. The Bertz CT molecular complexity index is 335. The lowest BCUT2D eigenvalue weighted by atomic mass is 10.0. The number of nitrogens with zero attached hydrogens (tertiary/aromatic N) is 1. The lowest BCUT2D eigenvalue weighted by Gasteiger charge is -2.17. The van der Waals surface area contributed by atoms with E-state index in [0.717, 1.165) is 6.20 Å². The molecule has 0 radical (unpaired) electrons. The normalized spacial score (nSPS) is 15.0. The maximum absolute atomic E-state index is 12.7. The van der Waals surface area contributed by atoms with Crippen molar-refractivity contribution in [3.63, 3.8) is 0 Å². The van der Waals surface area contributed by atoms with Crippen LogP contribution < -0.4 is 0 Å². The Morgan fingerprint density at radius 1 is 1.53 bits per heavy atom. The SMILES string of the molecule is Cc1cc(F)cnc1C(O)C(O)CCS. The summed E-state index contributed by atoms with van der Waals surface area (Å²) in [5.41, 5.74) is 0.839. The third-order valence-electron chi connectivity index (χ3n) is 2.15. The van der Waals surface area contributed by atoms with Gasteiger partial charge in [-0.1, -0.05) is 0 Å². The van der Waals surface area contributed by atoms with Crippen LogP contribution in [0, 0.1) is 12.7 Å². The van der Waals surface area contributed by atoms with Crippen molar-refractivity contribution < 1.29 is 14.6 Å². The van der Waals surface area contributed by atoms with Crippen LogP contribution in [0.5, 0.6) is 0 Å². The molecular weight excluding hydrogens is 217 g/mol. The predicted octanol–water partition coefficient (Wildman–Crippen LogP) is 1.24. The van der Waals surface area contributed by atoms with Crippen LogP contribution in [0.25, 0.3) is 0 Å². The van der Waals surface area contributed by atoms with Crippen LogP contribution in [0.2, 0.25) is 0 Å². The van der Waals surface area contributed by atoms with Crippen LogP contribution in [-0.2, 0) is 0 Å². The molecular formula is C10H14FNO2S. The molecule has 1 aromatic rings. The summed E-state index contributed by atoms with van der Waals surface area (Å²) in [6.07, 6.45) is -0.612. The van der Waals surface area contributed by atoms with E-state index < -0.39 is 18.0 Å². The van der Waals surface area contributed by atoms with E-state index in [-0.39, 0.29) is 0 Å². The van der Waals surface area contributed by atoms with Crippen LogP contribution in [-0.4, -0.2) is 27.1 Å². The fraction of sp³-hybridized carbons (Fsp3) is 0.500. The third-order valence-corrected chi connectivity index (χ3v) is 2.41. The Kier molecular flexibility index (Phi) is 4.50. The van der Waals surface area contributed by atoms with E-state index in [1.54, 1.807) is 6.92 Å². The van der Waals surface area contributed by atoms with E-state index in [1.807, 2.05) is 0 Å². The topological polar surface area (TPSA) is 53.4 Å². The lowest BCUT2D eigenvalue weighted by Crippen LogP contribution is -2.20. The Morgan fingerprint density at radius 2 is 2.20 bits per heavy atom. The first kappa shape index (κ1) is 12.4. The van der Waals surface area contributed by atoms with Gasteiger partial charge in [0.1, 0.15) is 11.9 Å². The Morgan fingerprint density at radius 3 is 2.73 bits per heavy atom. The molecule has 0 aliphatic rings. The molecule has 0 aromatic carbocycles. The summed E-state index contributed by atoms with van der Waals surface area (Å²) < 4.78 is 12.7. The van der Waals surface area contributed by atoms with Gasteiger partial charge < -0.3 is 10.2 Å². The highest BCUT2D eigenvalue weighted by Gasteiger charge is 2.20. The second kappa shape index (κ2) is 5.44. The maximum Gasteiger partial charge on any atom is 0.141 e. The molecule has 1 aromatic heterocycles. The summed E-state index contributed by atoms with van der Waals surface area (Å²) in [4.78, 5) is 3.77. The third kappa shape index (κ3) is 3.15. The van der Waals surface area contributed by atoms with E-state index in [9.17, 15) is 14.6 Å². The van der Waals surface area contributed by atoms with Crippen LogP contribution in [0.4, 0.5) is 4.39 Å². The molecule has 3 nitrogen and oxygen atoms in total. The summed E-state index contributed by atoms with van der Waals surface area (Å²) in [5, 5.41) is 19.3. The number of aliphatic hydroxyl groups is 2. The average Bonchev–Trinajstić information content (AvgIpc) is 2.17. The minimum Gasteiger partial charge on any atom is -0.390 e. The monoisotopic (exact) mass is 231 g/mol. The second-order valence-corrected chi connectivity index (χ2v) is 3.83. The fourth-order valence-corrected chi connectivity index (χ4v) is 1.60. The van der Waals surface area contributed by atoms with Crippen molar-refractivity contribution in [2.45, 2.75) is 25.6 Å². The first-order valence-corrected chi connectivity index (χ1v) is 5.28. The first-order valence-electron chi connectivity index (χ1n) is 4.65. The quantitative estimate of drug-likeness (QED) is 0.683. The Labute approximate surface area is 93.4 Å². The van der Waals surface area contributed by atoms with Crippen LogP contribution in [0.1, 0.15) is 23.8 Å². The molecule has 15 heavy (non-hydrogen) atoms. The zero-order valence-electron chi connectivity index (χ0n) is 8.39. The van der Waals surface area contributed by atoms with Crippen LogP contribution >= 0.6 is 12.6 Å². The van der Waals surface area contributed by atoms with E-state index in [4.69, 9.17) is 0 Å². The molecule has 1 heterocycles. The molecule has 84 valence electrons. The van der Waals surface area contributed by atoms with E-state index >= 15 is 0 Å². The number of pyridine rings is 1. The van der Waals surface area contributed by atoms with Gasteiger partial charge in [0.15, 0.2) is 0 Å². The molecule has 1 rings (SSSR count). The highest BCUT2D eigenvalue weighted by molar-refractivity contribution is 7.80. The molecule has 0 saturated heterocycles. The van der Waals surface area contributed by atoms with Crippen LogP contribution in [0.15, 0.2) is 12.3 Å². The van der Waals surface area contributed by atoms with Gasteiger partial charge in [-0.25, -0.2) is 4.39 Å². The van der Waals surface area contributed by atoms with Gasteiger partial charge in [-0.3, -0.25) is 4.98 Å². The van der Waals surface area contributed by atoms with Gasteiger partial charge in [-0.05, 0) is 30.7 Å². The van der Waals surface area contributed by atoms with Crippen molar-refractivity contribution >= 4 is 12.6 Å². The van der Waals surface area contributed by atoms with Crippen LogP contribution in [0.3, 0.4) is 0 Å². The zero-order valence-corrected chi connectivity index (χ0v) is 9.28. The van der Waals surface area contributed by atoms with Gasteiger partial charge in [-0.2, -0.15) is 12.6 Å². The molecule has 2 unspecified atom stereocenters. The number of hydrogen-bond donors (Lipinski definition) is 3. The fourth-order valence-electron chi connectivity index (χ4n) is 1.33. The summed E-state index contributed by atoms with van der Waals surface area (Å²) in [5.74, 6) is 0.0190. The number of hydrogen-bond acceptors (Lipinski definition) is 4. The Balaban J connectivity index is 2.86. The minimum atomic E-state index is -1.09. The highest BCUT2D eigenvalue weighted by atomic mass is 32.1. The average molecular weight is 231 g/mol. The molecule has 5 heteroatoms. The molecule has 0 spiro atoms. The van der Waals surface area contributed by atoms with Crippen molar-refractivity contribution in [2.24, 2.45) is 0 Å². The van der Waals surface area contributed by atoms with Gasteiger partial charge in [0.05, 0.1) is 18.0 Å². The molecule has 2 N–H and O–H groups in total. The highest BCUT2D eigenvalue weighted by Crippen LogP contribution is 2.20.